The van der Waals surface area contributed by atoms with Gasteiger partial charge in [0.2, 0.25) is 5.91 Å². The highest BCUT2D eigenvalue weighted by atomic mass is 79.9. The Morgan fingerprint density at radius 2 is 1.88 bits per heavy atom. The van der Waals surface area contributed by atoms with E-state index in [4.69, 9.17) is 0 Å². The number of nitrogens with one attached hydrogen (secondary N) is 1. The van der Waals surface area contributed by atoms with Crippen LogP contribution >= 0.6 is 15.9 Å². The molecule has 4 rings (SSSR count). The minimum atomic E-state index is -0.509. The summed E-state index contributed by atoms with van der Waals surface area (Å²) in [6, 6.07) is 8.36. The van der Waals surface area contributed by atoms with Crippen molar-refractivity contribution in [2.75, 3.05) is 37.6 Å². The van der Waals surface area contributed by atoms with E-state index in [-0.39, 0.29) is 17.7 Å². The first-order valence-electron chi connectivity index (χ1n) is 11.4. The fraction of sp³-hybridized carbons (Fsp3) is 0.542. The van der Waals surface area contributed by atoms with E-state index in [1.165, 1.54) is 0 Å². The van der Waals surface area contributed by atoms with Crippen molar-refractivity contribution in [3.63, 3.8) is 0 Å². The van der Waals surface area contributed by atoms with Gasteiger partial charge in [0.15, 0.2) is 0 Å². The van der Waals surface area contributed by atoms with Crippen molar-refractivity contribution >= 4 is 27.7 Å². The molecule has 0 saturated carbocycles. The highest BCUT2D eigenvalue weighted by molar-refractivity contribution is 9.10. The average Bonchev–Trinajstić information content (AvgIpc) is 3.08. The maximum absolute atomic E-state index is 13.5. The molecule has 8 heteroatoms. The van der Waals surface area contributed by atoms with Gasteiger partial charge in [-0.05, 0) is 30.0 Å². The van der Waals surface area contributed by atoms with Crippen LogP contribution in [0.25, 0.3) is 0 Å². The number of rotatable bonds is 6. The molecule has 0 bridgehead atoms. The summed E-state index contributed by atoms with van der Waals surface area (Å²) < 4.78 is 1.01. The number of carbonyl (C=O) groups excluding carboxylic acids is 1. The topological polar surface area (TPSA) is 81.6 Å². The third-order valence-corrected chi connectivity index (χ3v) is 7.00. The number of piperazine rings is 1. The van der Waals surface area contributed by atoms with Gasteiger partial charge in [-0.25, -0.2) is 9.97 Å². The number of carbonyl (C=O) groups is 1. The van der Waals surface area contributed by atoms with Gasteiger partial charge < -0.3 is 20.2 Å². The molecule has 172 valence electrons. The van der Waals surface area contributed by atoms with E-state index in [0.29, 0.717) is 32.1 Å². The second-order valence-electron chi connectivity index (χ2n) is 9.13. The molecule has 2 heterocycles. The Hall–Kier alpha value is -2.03. The monoisotopic (exact) mass is 501 g/mol. The van der Waals surface area contributed by atoms with E-state index in [1.54, 1.807) is 6.33 Å². The molecule has 1 aromatic heterocycles. The van der Waals surface area contributed by atoms with Crippen LogP contribution in [0.15, 0.2) is 35.1 Å². The lowest BCUT2D eigenvalue weighted by Crippen LogP contribution is -2.51. The maximum Gasteiger partial charge on any atom is 0.231 e. The van der Waals surface area contributed by atoms with Gasteiger partial charge in [0, 0.05) is 48.8 Å². The van der Waals surface area contributed by atoms with Gasteiger partial charge >= 0.3 is 0 Å². The number of hydrogen-bond acceptors (Lipinski definition) is 6. The maximum atomic E-state index is 13.5. The summed E-state index contributed by atoms with van der Waals surface area (Å²) in [6.45, 7) is 9.69. The Balaban J connectivity index is 1.47. The summed E-state index contributed by atoms with van der Waals surface area (Å²) in [5.74, 6) is 1.10. The number of fused-ring (bicyclic) bond motifs is 1. The highest BCUT2D eigenvalue weighted by Gasteiger charge is 2.35. The standard InChI is InChI=1S/C24H32BrN5O2/c1-15(2)26-13-19(17-4-6-18(25)7-5-17)24(32)30-10-8-29(9-11-30)23-21-16(3)12-20(31)22(21)27-14-28-23/h4-7,14-16,19-20,26,31H,8-13H2,1-3H3/t16-,19+,20-/m1/s1. The number of nitrogens with zero attached hydrogens (tertiary/aromatic N) is 4. The van der Waals surface area contributed by atoms with E-state index in [2.05, 4.69) is 56.9 Å². The van der Waals surface area contributed by atoms with E-state index >= 15 is 0 Å². The van der Waals surface area contributed by atoms with Crippen LogP contribution in [0.2, 0.25) is 0 Å². The minimum Gasteiger partial charge on any atom is -0.387 e. The van der Waals surface area contributed by atoms with Crippen LogP contribution in [-0.4, -0.2) is 64.6 Å². The van der Waals surface area contributed by atoms with Crippen molar-refractivity contribution in [2.24, 2.45) is 0 Å². The summed E-state index contributed by atoms with van der Waals surface area (Å²) in [6.07, 6.45) is 1.73. The van der Waals surface area contributed by atoms with E-state index < -0.39 is 6.10 Å². The molecule has 1 aromatic carbocycles. The van der Waals surface area contributed by atoms with Gasteiger partial charge in [-0.15, -0.1) is 0 Å². The van der Waals surface area contributed by atoms with Crippen molar-refractivity contribution in [1.29, 1.82) is 0 Å². The first-order valence-corrected chi connectivity index (χ1v) is 12.2. The summed E-state index contributed by atoms with van der Waals surface area (Å²) in [7, 11) is 0. The molecule has 1 amide bonds. The Bertz CT molecular complexity index is 944. The van der Waals surface area contributed by atoms with Gasteiger partial charge in [0.25, 0.3) is 0 Å². The Morgan fingerprint density at radius 1 is 1.19 bits per heavy atom. The minimum absolute atomic E-state index is 0.164. The summed E-state index contributed by atoms with van der Waals surface area (Å²) in [5.41, 5.74) is 2.86. The summed E-state index contributed by atoms with van der Waals surface area (Å²) in [5, 5.41) is 13.7. The molecule has 0 unspecified atom stereocenters. The molecule has 7 nitrogen and oxygen atoms in total. The zero-order chi connectivity index (χ0) is 22.8. The zero-order valence-electron chi connectivity index (χ0n) is 19.0. The fourth-order valence-electron chi connectivity index (χ4n) is 4.71. The predicted molar refractivity (Wildman–Crippen MR) is 129 cm³/mol. The molecular weight excluding hydrogens is 470 g/mol. The Morgan fingerprint density at radius 3 is 2.53 bits per heavy atom. The van der Waals surface area contributed by atoms with Gasteiger partial charge in [-0.2, -0.15) is 0 Å². The molecule has 2 aromatic rings. The number of anilines is 1. The van der Waals surface area contributed by atoms with Crippen molar-refractivity contribution in [2.45, 2.75) is 51.2 Å². The van der Waals surface area contributed by atoms with Gasteiger partial charge in [-0.3, -0.25) is 4.79 Å². The lowest BCUT2D eigenvalue weighted by molar-refractivity contribution is -0.133. The lowest BCUT2D eigenvalue weighted by atomic mass is 9.96. The third kappa shape index (κ3) is 4.82. The first kappa shape index (κ1) is 23.1. The number of halogens is 1. The quantitative estimate of drug-likeness (QED) is 0.632. The molecular formula is C24H32BrN5O2. The lowest BCUT2D eigenvalue weighted by Gasteiger charge is -2.38. The molecule has 1 aliphatic carbocycles. The van der Waals surface area contributed by atoms with E-state index in [9.17, 15) is 9.90 Å². The second kappa shape index (κ2) is 9.85. The molecule has 2 aliphatic rings. The zero-order valence-corrected chi connectivity index (χ0v) is 20.5. The molecule has 0 spiro atoms. The number of hydrogen-bond donors (Lipinski definition) is 2. The normalized spacial score (nSPS) is 21.7. The average molecular weight is 502 g/mol. The molecule has 32 heavy (non-hydrogen) atoms. The largest absolute Gasteiger partial charge is 0.387 e. The van der Waals surface area contributed by atoms with Crippen LogP contribution in [0, 0.1) is 0 Å². The van der Waals surface area contributed by atoms with Crippen LogP contribution in [-0.2, 0) is 4.79 Å². The molecule has 3 atom stereocenters. The van der Waals surface area contributed by atoms with Crippen LogP contribution in [0.4, 0.5) is 5.82 Å². The number of aliphatic hydroxyl groups excluding tert-OH is 1. The third-order valence-electron chi connectivity index (χ3n) is 6.47. The number of aromatic nitrogens is 2. The number of amides is 1. The van der Waals surface area contributed by atoms with Crippen LogP contribution < -0.4 is 10.2 Å². The SMILES string of the molecule is CC(C)NC[C@H](C(=O)N1CCN(c2ncnc3c2[C@H](C)C[C@H]3O)CC1)c1ccc(Br)cc1. The number of benzene rings is 1. The van der Waals surface area contributed by atoms with Crippen LogP contribution in [0.1, 0.15) is 62.0 Å². The molecule has 1 fully saturated rings. The molecule has 0 radical (unpaired) electrons. The van der Waals surface area contributed by atoms with Gasteiger partial charge in [0.1, 0.15) is 12.1 Å². The van der Waals surface area contributed by atoms with E-state index in [0.717, 1.165) is 40.2 Å². The summed E-state index contributed by atoms with van der Waals surface area (Å²) in [4.78, 5) is 26.6. The van der Waals surface area contributed by atoms with Gasteiger partial charge in [-0.1, -0.05) is 48.8 Å². The second-order valence-corrected chi connectivity index (χ2v) is 10.0. The first-order chi connectivity index (χ1) is 15.3. The number of aliphatic hydroxyl groups is 1. The smallest absolute Gasteiger partial charge is 0.231 e. The van der Waals surface area contributed by atoms with Crippen molar-refractivity contribution < 1.29 is 9.90 Å². The van der Waals surface area contributed by atoms with Crippen molar-refractivity contribution in [1.82, 2.24) is 20.2 Å². The Kier molecular flexibility index (Phi) is 7.12. The fourth-order valence-corrected chi connectivity index (χ4v) is 4.97. The van der Waals surface area contributed by atoms with Crippen LogP contribution in [0.3, 0.4) is 0 Å². The molecule has 1 saturated heterocycles. The van der Waals surface area contributed by atoms with Gasteiger partial charge in [0.05, 0.1) is 17.7 Å². The molecule has 1 aliphatic heterocycles. The molecule has 2 N–H and O–H groups in total. The van der Waals surface area contributed by atoms with Crippen molar-refractivity contribution in [3.05, 3.63) is 51.9 Å². The summed E-state index contributed by atoms with van der Waals surface area (Å²) >= 11 is 3.49. The van der Waals surface area contributed by atoms with Crippen LogP contribution in [0.5, 0.6) is 0 Å². The van der Waals surface area contributed by atoms with E-state index in [1.807, 2.05) is 29.2 Å². The predicted octanol–water partition coefficient (Wildman–Crippen LogP) is 3.21. The highest BCUT2D eigenvalue weighted by Crippen LogP contribution is 2.42. The van der Waals surface area contributed by atoms with Crippen molar-refractivity contribution in [3.8, 4) is 0 Å². The Labute approximate surface area is 198 Å².